The van der Waals surface area contributed by atoms with Crippen molar-refractivity contribution >= 4 is 39.5 Å². The highest BCUT2D eigenvalue weighted by Gasteiger charge is 2.47. The van der Waals surface area contributed by atoms with Crippen LogP contribution in [0, 0.1) is 17.5 Å². The first kappa shape index (κ1) is 23.8. The number of carbonyl (C=O) groups is 3. The molecule has 2 aromatic rings. The van der Waals surface area contributed by atoms with Crippen LogP contribution in [0.1, 0.15) is 53.1 Å². The van der Waals surface area contributed by atoms with Crippen LogP contribution in [0.5, 0.6) is 0 Å². The molecule has 0 bridgehead atoms. The summed E-state index contributed by atoms with van der Waals surface area (Å²) in [5.41, 5.74) is -2.19. The van der Waals surface area contributed by atoms with Crippen LogP contribution < -0.4 is 4.90 Å². The molecule has 0 spiro atoms. The largest absolute Gasteiger partial charge is 0.465 e. The SMILES string of the molecule is COC(=O)c1cc(F)cc2c1C(=O)C(Br)C(c1ccc(F)cc1F)N2C(=O)OC(C)(C)C. The molecule has 3 rings (SSSR count). The van der Waals surface area contributed by atoms with Crippen LogP contribution in [0.4, 0.5) is 23.7 Å². The Kier molecular flexibility index (Phi) is 6.37. The van der Waals surface area contributed by atoms with E-state index in [2.05, 4.69) is 20.7 Å². The lowest BCUT2D eigenvalue weighted by Crippen LogP contribution is -2.49. The zero-order valence-corrected chi connectivity index (χ0v) is 19.1. The van der Waals surface area contributed by atoms with Crippen molar-refractivity contribution < 1.29 is 37.0 Å². The summed E-state index contributed by atoms with van der Waals surface area (Å²) in [6.45, 7) is 4.77. The third-order valence-corrected chi connectivity index (χ3v) is 5.59. The lowest BCUT2D eigenvalue weighted by molar-refractivity contribution is 0.0551. The first-order valence-electron chi connectivity index (χ1n) is 9.43. The van der Waals surface area contributed by atoms with E-state index in [9.17, 15) is 27.6 Å². The molecule has 0 saturated carbocycles. The van der Waals surface area contributed by atoms with Gasteiger partial charge in [-0.1, -0.05) is 22.0 Å². The highest BCUT2D eigenvalue weighted by Crippen LogP contribution is 2.45. The number of rotatable bonds is 2. The Morgan fingerprint density at radius 2 is 1.72 bits per heavy atom. The predicted octanol–water partition coefficient (Wildman–Crippen LogP) is 5.33. The van der Waals surface area contributed by atoms with Crippen molar-refractivity contribution in [2.24, 2.45) is 0 Å². The Labute approximate surface area is 190 Å². The van der Waals surface area contributed by atoms with Gasteiger partial charge in [-0.3, -0.25) is 9.69 Å². The summed E-state index contributed by atoms with van der Waals surface area (Å²) in [6, 6.07) is 2.98. The van der Waals surface area contributed by atoms with Crippen LogP contribution in [0.3, 0.4) is 0 Å². The van der Waals surface area contributed by atoms with Crippen molar-refractivity contribution in [1.82, 2.24) is 0 Å². The van der Waals surface area contributed by atoms with E-state index in [1.807, 2.05) is 0 Å². The van der Waals surface area contributed by atoms with Crippen molar-refractivity contribution in [1.29, 1.82) is 0 Å². The molecule has 2 atom stereocenters. The van der Waals surface area contributed by atoms with E-state index in [0.29, 0.717) is 6.07 Å². The number of halogens is 4. The molecule has 6 nitrogen and oxygen atoms in total. The van der Waals surface area contributed by atoms with Gasteiger partial charge in [-0.25, -0.2) is 22.8 Å². The molecule has 0 N–H and O–H groups in total. The van der Waals surface area contributed by atoms with Gasteiger partial charge in [0.1, 0.15) is 27.9 Å². The minimum Gasteiger partial charge on any atom is -0.465 e. The predicted molar refractivity (Wildman–Crippen MR) is 113 cm³/mol. The topological polar surface area (TPSA) is 72.9 Å². The average molecular weight is 514 g/mol. The number of hydrogen-bond acceptors (Lipinski definition) is 5. The second-order valence-corrected chi connectivity index (χ2v) is 9.05. The number of anilines is 1. The number of Topliss-reactive ketones (excluding diaryl/α,β-unsaturated/α-hetero) is 1. The maximum Gasteiger partial charge on any atom is 0.415 e. The summed E-state index contributed by atoms with van der Waals surface area (Å²) < 4.78 is 52.8. The molecule has 0 radical (unpaired) electrons. The van der Waals surface area contributed by atoms with E-state index in [0.717, 1.165) is 36.3 Å². The van der Waals surface area contributed by atoms with Crippen LogP contribution in [-0.2, 0) is 9.47 Å². The molecule has 10 heteroatoms. The second kappa shape index (κ2) is 8.57. The van der Waals surface area contributed by atoms with Gasteiger partial charge < -0.3 is 9.47 Å². The molecule has 170 valence electrons. The molecule has 1 aliphatic rings. The lowest BCUT2D eigenvalue weighted by atomic mass is 9.87. The van der Waals surface area contributed by atoms with Gasteiger partial charge in [-0.05, 0) is 39.0 Å². The van der Waals surface area contributed by atoms with Crippen LogP contribution in [0.25, 0.3) is 0 Å². The molecule has 0 fully saturated rings. The fourth-order valence-electron chi connectivity index (χ4n) is 3.44. The molecular weight excluding hydrogens is 495 g/mol. The lowest BCUT2D eigenvalue weighted by Gasteiger charge is -2.40. The smallest absolute Gasteiger partial charge is 0.415 e. The van der Waals surface area contributed by atoms with E-state index < -0.39 is 57.3 Å². The fourth-order valence-corrected chi connectivity index (χ4v) is 4.19. The molecule has 0 aromatic heterocycles. The Bertz CT molecular complexity index is 1120. The molecule has 1 amide bonds. The highest BCUT2D eigenvalue weighted by atomic mass is 79.9. The van der Waals surface area contributed by atoms with Gasteiger partial charge in [-0.2, -0.15) is 0 Å². The highest BCUT2D eigenvalue weighted by molar-refractivity contribution is 9.10. The van der Waals surface area contributed by atoms with Crippen molar-refractivity contribution in [3.05, 3.63) is 64.5 Å². The van der Waals surface area contributed by atoms with Gasteiger partial charge in [0.2, 0.25) is 0 Å². The molecule has 2 aromatic carbocycles. The summed E-state index contributed by atoms with van der Waals surface area (Å²) in [4.78, 5) is 38.3. The first-order valence-corrected chi connectivity index (χ1v) is 10.3. The molecule has 0 saturated heterocycles. The van der Waals surface area contributed by atoms with Gasteiger partial charge in [0, 0.05) is 11.6 Å². The fraction of sp³-hybridized carbons (Fsp3) is 0.318. The summed E-state index contributed by atoms with van der Waals surface area (Å²) >= 11 is 3.19. The number of carbonyl (C=O) groups excluding carboxylic acids is 3. The number of nitrogens with zero attached hydrogens (tertiary/aromatic N) is 1. The minimum atomic E-state index is -1.36. The normalized spacial score (nSPS) is 18.2. The second-order valence-electron chi connectivity index (χ2n) is 8.07. The quantitative estimate of drug-likeness (QED) is 0.400. The Morgan fingerprint density at radius 3 is 2.28 bits per heavy atom. The van der Waals surface area contributed by atoms with E-state index in [1.165, 1.54) is 0 Å². The van der Waals surface area contributed by atoms with E-state index in [-0.39, 0.29) is 16.8 Å². The zero-order valence-electron chi connectivity index (χ0n) is 17.5. The van der Waals surface area contributed by atoms with Crippen molar-refractivity contribution in [3.63, 3.8) is 0 Å². The number of benzene rings is 2. The Hall–Kier alpha value is -2.88. The molecule has 2 unspecified atom stereocenters. The number of fused-ring (bicyclic) bond motifs is 1. The number of esters is 1. The number of hydrogen-bond donors (Lipinski definition) is 0. The molecule has 1 aliphatic heterocycles. The first-order chi connectivity index (χ1) is 14.9. The minimum absolute atomic E-state index is 0.206. The zero-order chi connectivity index (χ0) is 24.0. The van der Waals surface area contributed by atoms with Gasteiger partial charge >= 0.3 is 12.1 Å². The number of methoxy groups -OCH3 is 1. The van der Waals surface area contributed by atoms with Crippen molar-refractivity contribution in [2.45, 2.75) is 37.2 Å². The number of amides is 1. The molecule has 32 heavy (non-hydrogen) atoms. The van der Waals surface area contributed by atoms with Crippen molar-refractivity contribution in [2.75, 3.05) is 12.0 Å². The van der Waals surface area contributed by atoms with Crippen LogP contribution in [0.15, 0.2) is 30.3 Å². The third kappa shape index (κ3) is 4.36. The van der Waals surface area contributed by atoms with Gasteiger partial charge in [0.05, 0.1) is 30.0 Å². The average Bonchev–Trinajstić information content (AvgIpc) is 2.68. The number of ether oxygens (including phenoxy) is 2. The molecule has 0 aliphatic carbocycles. The van der Waals surface area contributed by atoms with Crippen LogP contribution in [0.2, 0.25) is 0 Å². The molecular formula is C22H19BrF3NO5. The summed E-state index contributed by atoms with van der Waals surface area (Å²) in [5, 5.41) is 0. The molecule has 1 heterocycles. The van der Waals surface area contributed by atoms with E-state index in [4.69, 9.17) is 4.74 Å². The standard InChI is InChI=1S/C22H19BrF3NO5/c1-22(2,3)32-21(30)27-15-9-11(25)7-13(20(29)31-4)16(15)19(28)17(23)18(27)12-6-5-10(24)8-14(12)26/h5-9,17-18H,1-4H3. The summed E-state index contributed by atoms with van der Waals surface area (Å²) in [7, 11) is 1.06. The Morgan fingerprint density at radius 1 is 1.06 bits per heavy atom. The van der Waals surface area contributed by atoms with Gasteiger partial charge in [0.25, 0.3) is 0 Å². The maximum absolute atomic E-state index is 14.7. The number of alkyl halides is 1. The third-order valence-electron chi connectivity index (χ3n) is 4.67. The summed E-state index contributed by atoms with van der Waals surface area (Å²) in [6.07, 6.45) is -1.02. The Balaban J connectivity index is 2.33. The monoisotopic (exact) mass is 513 g/mol. The summed E-state index contributed by atoms with van der Waals surface area (Å²) in [5.74, 6) is -4.52. The van der Waals surface area contributed by atoms with Gasteiger partial charge in [-0.15, -0.1) is 0 Å². The maximum atomic E-state index is 14.7. The van der Waals surface area contributed by atoms with Gasteiger partial charge in [0.15, 0.2) is 5.78 Å². The van der Waals surface area contributed by atoms with E-state index >= 15 is 0 Å². The van der Waals surface area contributed by atoms with Crippen LogP contribution >= 0.6 is 15.9 Å². The van der Waals surface area contributed by atoms with Crippen molar-refractivity contribution in [3.8, 4) is 0 Å². The number of ketones is 1. The van der Waals surface area contributed by atoms with E-state index in [1.54, 1.807) is 20.8 Å². The van der Waals surface area contributed by atoms with Crippen LogP contribution in [-0.4, -0.2) is 35.4 Å².